The maximum Gasteiger partial charge on any atom is 0.263 e. The normalized spacial score (nSPS) is 11.7. The van der Waals surface area contributed by atoms with Gasteiger partial charge in [0.15, 0.2) is 0 Å². The highest BCUT2D eigenvalue weighted by molar-refractivity contribution is 7.11. The summed E-state index contributed by atoms with van der Waals surface area (Å²) in [5, 5.41) is 11.1. The van der Waals surface area contributed by atoms with Crippen molar-refractivity contribution < 1.29 is 4.79 Å². The molecule has 0 saturated heterocycles. The molecule has 1 aromatic heterocycles. The second-order valence-electron chi connectivity index (χ2n) is 2.61. The third kappa shape index (κ3) is 2.84. The van der Waals surface area contributed by atoms with Gasteiger partial charge in [0.2, 0.25) is 0 Å². The van der Waals surface area contributed by atoms with Crippen LogP contribution in [0.3, 0.4) is 0 Å². The number of aromatic nitrogens is 1. The Morgan fingerprint density at radius 3 is 3.23 bits per heavy atom. The predicted molar refractivity (Wildman–Crippen MR) is 49.2 cm³/mol. The molecular weight excluding hydrogens is 186 g/mol. The van der Waals surface area contributed by atoms with Gasteiger partial charge in [-0.15, -0.1) is 11.3 Å². The van der Waals surface area contributed by atoms with Gasteiger partial charge in [-0.3, -0.25) is 9.78 Å². The SMILES string of the molecule is CC(C#N)CNC(=O)c1cncs1. The topological polar surface area (TPSA) is 65.8 Å². The Morgan fingerprint density at radius 2 is 2.69 bits per heavy atom. The lowest BCUT2D eigenvalue weighted by Gasteiger charge is -2.03. The smallest absolute Gasteiger partial charge is 0.263 e. The molecule has 1 N–H and O–H groups in total. The first-order chi connectivity index (χ1) is 6.24. The van der Waals surface area contributed by atoms with Gasteiger partial charge < -0.3 is 5.32 Å². The van der Waals surface area contributed by atoms with E-state index < -0.39 is 0 Å². The van der Waals surface area contributed by atoms with Gasteiger partial charge in [0.25, 0.3) is 5.91 Å². The van der Waals surface area contributed by atoms with Crippen molar-refractivity contribution in [3.05, 3.63) is 16.6 Å². The van der Waals surface area contributed by atoms with Crippen LogP contribution in [-0.4, -0.2) is 17.4 Å². The zero-order valence-electron chi connectivity index (χ0n) is 7.15. The average molecular weight is 195 g/mol. The molecule has 1 amide bonds. The average Bonchev–Trinajstić information content (AvgIpc) is 2.66. The fourth-order valence-electron chi connectivity index (χ4n) is 0.706. The largest absolute Gasteiger partial charge is 0.350 e. The minimum atomic E-state index is -0.162. The van der Waals surface area contributed by atoms with E-state index in [4.69, 9.17) is 5.26 Å². The minimum absolute atomic E-state index is 0.156. The molecule has 1 heterocycles. The van der Waals surface area contributed by atoms with Gasteiger partial charge in [-0.1, -0.05) is 0 Å². The summed E-state index contributed by atoms with van der Waals surface area (Å²) < 4.78 is 0. The Bertz CT molecular complexity index is 315. The molecule has 0 spiro atoms. The fourth-order valence-corrected chi connectivity index (χ4v) is 1.24. The number of hydrogen-bond donors (Lipinski definition) is 1. The summed E-state index contributed by atoms with van der Waals surface area (Å²) >= 11 is 1.28. The Balaban J connectivity index is 2.40. The lowest BCUT2D eigenvalue weighted by molar-refractivity contribution is 0.0954. The van der Waals surface area contributed by atoms with E-state index in [9.17, 15) is 4.79 Å². The number of hydrogen-bond acceptors (Lipinski definition) is 4. The van der Waals surface area contributed by atoms with Crippen LogP contribution in [0.2, 0.25) is 0 Å². The fraction of sp³-hybridized carbons (Fsp3) is 0.375. The number of nitriles is 1. The van der Waals surface area contributed by atoms with Crippen LogP contribution in [-0.2, 0) is 0 Å². The van der Waals surface area contributed by atoms with Crippen molar-refractivity contribution in [1.29, 1.82) is 5.26 Å². The maximum atomic E-state index is 11.3. The van der Waals surface area contributed by atoms with Gasteiger partial charge in [-0.05, 0) is 6.92 Å². The minimum Gasteiger partial charge on any atom is -0.350 e. The van der Waals surface area contributed by atoms with Crippen molar-refractivity contribution in [3.63, 3.8) is 0 Å². The third-order valence-corrected chi connectivity index (χ3v) is 2.22. The number of amides is 1. The first-order valence-electron chi connectivity index (χ1n) is 3.80. The number of thiazole rings is 1. The number of rotatable bonds is 3. The molecule has 1 aromatic rings. The molecule has 1 unspecified atom stereocenters. The number of carbonyl (C=O) groups is 1. The molecule has 13 heavy (non-hydrogen) atoms. The zero-order valence-corrected chi connectivity index (χ0v) is 7.97. The second-order valence-corrected chi connectivity index (χ2v) is 3.49. The molecule has 1 atom stereocenters. The van der Waals surface area contributed by atoms with E-state index >= 15 is 0 Å². The number of nitrogens with one attached hydrogen (secondary N) is 1. The van der Waals surface area contributed by atoms with Gasteiger partial charge in [-0.2, -0.15) is 5.26 Å². The second kappa shape index (κ2) is 4.58. The van der Waals surface area contributed by atoms with Crippen molar-refractivity contribution in [2.24, 2.45) is 5.92 Å². The molecule has 0 radical (unpaired) electrons. The Labute approximate surface area is 80.2 Å². The van der Waals surface area contributed by atoms with Crippen LogP contribution in [0.4, 0.5) is 0 Å². The lowest BCUT2D eigenvalue weighted by Crippen LogP contribution is -2.27. The summed E-state index contributed by atoms with van der Waals surface area (Å²) in [6, 6.07) is 2.04. The Hall–Kier alpha value is -1.41. The molecule has 0 aliphatic heterocycles. The van der Waals surface area contributed by atoms with E-state index in [0.29, 0.717) is 11.4 Å². The van der Waals surface area contributed by atoms with Crippen molar-refractivity contribution in [2.45, 2.75) is 6.92 Å². The lowest BCUT2D eigenvalue weighted by atomic mass is 10.2. The van der Waals surface area contributed by atoms with E-state index in [2.05, 4.69) is 10.3 Å². The quantitative estimate of drug-likeness (QED) is 0.783. The molecular formula is C8H9N3OS. The van der Waals surface area contributed by atoms with E-state index in [1.54, 1.807) is 12.4 Å². The maximum absolute atomic E-state index is 11.3. The predicted octanol–water partition coefficient (Wildman–Crippen LogP) is 1.03. The number of carbonyl (C=O) groups excluding carboxylic acids is 1. The highest BCUT2D eigenvalue weighted by Gasteiger charge is 2.07. The van der Waals surface area contributed by atoms with Crippen LogP contribution < -0.4 is 5.32 Å². The van der Waals surface area contributed by atoms with Crippen LogP contribution in [0.5, 0.6) is 0 Å². The summed E-state index contributed by atoms with van der Waals surface area (Å²) in [4.78, 5) is 15.6. The highest BCUT2D eigenvalue weighted by atomic mass is 32.1. The van der Waals surface area contributed by atoms with Crippen LogP contribution in [0.15, 0.2) is 11.7 Å². The van der Waals surface area contributed by atoms with Gasteiger partial charge in [0, 0.05) is 6.54 Å². The van der Waals surface area contributed by atoms with E-state index in [1.807, 2.05) is 6.07 Å². The molecule has 0 aliphatic carbocycles. The van der Waals surface area contributed by atoms with Crippen molar-refractivity contribution >= 4 is 17.2 Å². The molecule has 0 aromatic carbocycles. The van der Waals surface area contributed by atoms with Crippen LogP contribution in [0, 0.1) is 17.2 Å². The standard InChI is InChI=1S/C8H9N3OS/c1-6(2-9)3-11-8(12)7-4-10-5-13-7/h4-6H,3H2,1H3,(H,11,12). The monoisotopic (exact) mass is 195 g/mol. The molecule has 0 bridgehead atoms. The third-order valence-electron chi connectivity index (χ3n) is 1.45. The molecule has 0 fully saturated rings. The summed E-state index contributed by atoms with van der Waals surface area (Å²) in [5.41, 5.74) is 1.60. The summed E-state index contributed by atoms with van der Waals surface area (Å²) in [5.74, 6) is -0.318. The highest BCUT2D eigenvalue weighted by Crippen LogP contribution is 2.04. The molecule has 0 aliphatic rings. The van der Waals surface area contributed by atoms with Gasteiger partial charge in [0.1, 0.15) is 4.88 Å². The van der Waals surface area contributed by atoms with Crippen LogP contribution in [0.25, 0.3) is 0 Å². The van der Waals surface area contributed by atoms with Crippen LogP contribution in [0.1, 0.15) is 16.6 Å². The van der Waals surface area contributed by atoms with Gasteiger partial charge >= 0.3 is 0 Å². The van der Waals surface area contributed by atoms with Gasteiger partial charge in [0.05, 0.1) is 23.7 Å². The first kappa shape index (κ1) is 9.68. The molecule has 4 nitrogen and oxygen atoms in total. The van der Waals surface area contributed by atoms with Gasteiger partial charge in [-0.25, -0.2) is 0 Å². The summed E-state index contributed by atoms with van der Waals surface area (Å²) in [6.07, 6.45) is 1.51. The van der Waals surface area contributed by atoms with E-state index in [1.165, 1.54) is 17.5 Å². The first-order valence-corrected chi connectivity index (χ1v) is 4.68. The summed E-state index contributed by atoms with van der Waals surface area (Å²) in [6.45, 7) is 2.14. The Morgan fingerprint density at radius 1 is 1.92 bits per heavy atom. The molecule has 1 rings (SSSR count). The summed E-state index contributed by atoms with van der Waals surface area (Å²) in [7, 11) is 0. The van der Waals surface area contributed by atoms with Crippen molar-refractivity contribution in [2.75, 3.05) is 6.54 Å². The van der Waals surface area contributed by atoms with E-state index in [-0.39, 0.29) is 11.8 Å². The van der Waals surface area contributed by atoms with Crippen molar-refractivity contribution in [1.82, 2.24) is 10.3 Å². The molecule has 0 saturated carbocycles. The van der Waals surface area contributed by atoms with Crippen LogP contribution >= 0.6 is 11.3 Å². The van der Waals surface area contributed by atoms with E-state index in [0.717, 1.165) is 0 Å². The molecule has 5 heteroatoms. The zero-order chi connectivity index (χ0) is 9.68. The Kier molecular flexibility index (Phi) is 3.41. The number of nitrogens with zero attached hydrogens (tertiary/aromatic N) is 2. The van der Waals surface area contributed by atoms with Crippen molar-refractivity contribution in [3.8, 4) is 6.07 Å². The molecule has 68 valence electrons.